The van der Waals surface area contributed by atoms with Crippen LogP contribution in [0, 0.1) is 0 Å². The molecule has 0 radical (unpaired) electrons. The summed E-state index contributed by atoms with van der Waals surface area (Å²) in [6, 6.07) is 15.1. The lowest BCUT2D eigenvalue weighted by Crippen LogP contribution is -2.46. The zero-order chi connectivity index (χ0) is 20.3. The highest BCUT2D eigenvalue weighted by Crippen LogP contribution is 2.19. The number of nitrogens with one attached hydrogen (secondary N) is 2. The molecule has 1 aliphatic heterocycles. The molecule has 1 aliphatic rings. The summed E-state index contributed by atoms with van der Waals surface area (Å²) in [6.07, 6.45) is 2.39. The number of piperazine rings is 1. The van der Waals surface area contributed by atoms with Gasteiger partial charge in [-0.15, -0.1) is 11.3 Å². The Labute approximate surface area is 179 Å². The van der Waals surface area contributed by atoms with Crippen molar-refractivity contribution in [1.29, 1.82) is 0 Å². The molecule has 1 aromatic carbocycles. The molecule has 1 aromatic heterocycles. The fourth-order valence-corrected chi connectivity index (χ4v) is 4.47. The fourth-order valence-electron chi connectivity index (χ4n) is 3.68. The molecule has 29 heavy (non-hydrogen) atoms. The van der Waals surface area contributed by atoms with Crippen molar-refractivity contribution in [1.82, 2.24) is 15.5 Å². The molecule has 1 fully saturated rings. The van der Waals surface area contributed by atoms with Crippen LogP contribution in [0.25, 0.3) is 0 Å². The number of unbranched alkanes of at least 4 members (excludes halogenated alkanes) is 1. The van der Waals surface area contributed by atoms with Gasteiger partial charge in [-0.3, -0.25) is 9.89 Å². The lowest BCUT2D eigenvalue weighted by atomic mass is 10.1. The lowest BCUT2D eigenvalue weighted by molar-refractivity contribution is 0.253. The molecule has 1 atom stereocenters. The Morgan fingerprint density at radius 1 is 1.03 bits per heavy atom. The zero-order valence-corrected chi connectivity index (χ0v) is 18.6. The van der Waals surface area contributed by atoms with Gasteiger partial charge in [-0.25, -0.2) is 0 Å². The summed E-state index contributed by atoms with van der Waals surface area (Å²) in [5, 5.41) is 9.04. The molecule has 158 valence electrons. The molecular formula is C23H35N5S. The van der Waals surface area contributed by atoms with Crippen molar-refractivity contribution in [3.63, 3.8) is 0 Å². The van der Waals surface area contributed by atoms with Crippen molar-refractivity contribution in [3.05, 3.63) is 52.7 Å². The number of nitrogens with zero attached hydrogens (tertiary/aromatic N) is 3. The zero-order valence-electron chi connectivity index (χ0n) is 17.8. The van der Waals surface area contributed by atoms with E-state index in [9.17, 15) is 0 Å². The number of thiophene rings is 1. The minimum absolute atomic E-state index is 0.503. The van der Waals surface area contributed by atoms with Crippen LogP contribution in [0.3, 0.4) is 0 Å². The molecule has 2 heterocycles. The second kappa shape index (κ2) is 11.8. The summed E-state index contributed by atoms with van der Waals surface area (Å²) in [7, 11) is 1.84. The van der Waals surface area contributed by atoms with Crippen molar-refractivity contribution < 1.29 is 0 Å². The fraction of sp³-hybridized carbons (Fsp3) is 0.522. The maximum atomic E-state index is 4.35. The molecule has 0 saturated carbocycles. The summed E-state index contributed by atoms with van der Waals surface area (Å²) in [6.45, 7) is 9.89. The summed E-state index contributed by atoms with van der Waals surface area (Å²) in [4.78, 5) is 10.8. The van der Waals surface area contributed by atoms with Gasteiger partial charge in [0.2, 0.25) is 0 Å². The quantitative estimate of drug-likeness (QED) is 0.374. The van der Waals surface area contributed by atoms with Crippen LogP contribution in [-0.2, 0) is 0 Å². The van der Waals surface area contributed by atoms with Crippen molar-refractivity contribution in [2.75, 3.05) is 57.8 Å². The van der Waals surface area contributed by atoms with E-state index in [0.29, 0.717) is 5.92 Å². The van der Waals surface area contributed by atoms with E-state index in [2.05, 4.69) is 80.2 Å². The Morgan fingerprint density at radius 2 is 1.83 bits per heavy atom. The van der Waals surface area contributed by atoms with Crippen molar-refractivity contribution in [3.8, 4) is 0 Å². The number of hydrogen-bond donors (Lipinski definition) is 2. The van der Waals surface area contributed by atoms with Gasteiger partial charge in [-0.2, -0.15) is 0 Å². The van der Waals surface area contributed by atoms with Crippen molar-refractivity contribution in [2.45, 2.75) is 25.7 Å². The number of anilines is 1. The molecule has 2 aromatic rings. The Balaban J connectivity index is 1.25. The summed E-state index contributed by atoms with van der Waals surface area (Å²) in [5.41, 5.74) is 1.35. The number of hydrogen-bond acceptors (Lipinski definition) is 4. The first-order valence-electron chi connectivity index (χ1n) is 10.8. The van der Waals surface area contributed by atoms with Gasteiger partial charge in [0.05, 0.1) is 0 Å². The van der Waals surface area contributed by atoms with Crippen molar-refractivity contribution >= 4 is 23.0 Å². The molecule has 0 spiro atoms. The molecule has 2 N–H and O–H groups in total. The number of rotatable bonds is 9. The third-order valence-electron chi connectivity index (χ3n) is 5.52. The van der Waals surface area contributed by atoms with Gasteiger partial charge in [0, 0.05) is 62.8 Å². The number of aliphatic imine (C=N–C) groups is 1. The first-order chi connectivity index (χ1) is 14.3. The number of para-hydroxylation sites is 1. The van der Waals surface area contributed by atoms with Crippen LogP contribution >= 0.6 is 11.3 Å². The topological polar surface area (TPSA) is 42.9 Å². The molecular weight excluding hydrogens is 378 g/mol. The predicted octanol–water partition coefficient (Wildman–Crippen LogP) is 3.62. The smallest absolute Gasteiger partial charge is 0.190 e. The molecule has 0 amide bonds. The van der Waals surface area contributed by atoms with Crippen LogP contribution in [0.15, 0.2) is 52.8 Å². The maximum absolute atomic E-state index is 4.35. The summed E-state index contributed by atoms with van der Waals surface area (Å²) < 4.78 is 0. The van der Waals surface area contributed by atoms with Crippen molar-refractivity contribution in [2.24, 2.45) is 4.99 Å². The van der Waals surface area contributed by atoms with Gasteiger partial charge in [-0.1, -0.05) is 31.2 Å². The second-order valence-electron chi connectivity index (χ2n) is 7.67. The van der Waals surface area contributed by atoms with E-state index in [4.69, 9.17) is 0 Å². The minimum Gasteiger partial charge on any atom is -0.369 e. The average molecular weight is 414 g/mol. The molecule has 0 aliphatic carbocycles. The van der Waals surface area contributed by atoms with E-state index < -0.39 is 0 Å². The Hall–Kier alpha value is -2.05. The van der Waals surface area contributed by atoms with E-state index in [1.165, 1.54) is 30.0 Å². The van der Waals surface area contributed by atoms with E-state index in [1.807, 2.05) is 18.4 Å². The Bertz CT molecular complexity index is 708. The van der Waals surface area contributed by atoms with Gasteiger partial charge in [0.1, 0.15) is 0 Å². The third-order valence-corrected chi connectivity index (χ3v) is 6.62. The van der Waals surface area contributed by atoms with E-state index in [0.717, 1.165) is 45.2 Å². The number of guanidine groups is 1. The normalized spacial score (nSPS) is 16.6. The van der Waals surface area contributed by atoms with Gasteiger partial charge < -0.3 is 15.5 Å². The maximum Gasteiger partial charge on any atom is 0.190 e. The third kappa shape index (κ3) is 7.05. The molecule has 3 rings (SSSR count). The number of benzene rings is 1. The van der Waals surface area contributed by atoms with Gasteiger partial charge in [0.25, 0.3) is 0 Å². The monoisotopic (exact) mass is 413 g/mol. The van der Waals surface area contributed by atoms with Crippen LogP contribution in [0.1, 0.15) is 30.6 Å². The molecule has 1 saturated heterocycles. The molecule has 6 heteroatoms. The SMILES string of the molecule is CN=C(NCCCCN1CCN(c2ccccc2)CC1)NCC(C)c1cccs1. The highest BCUT2D eigenvalue weighted by atomic mass is 32.1. The van der Waals surface area contributed by atoms with Crippen LogP contribution in [0.4, 0.5) is 5.69 Å². The van der Waals surface area contributed by atoms with Gasteiger partial charge in [-0.05, 0) is 43.0 Å². The van der Waals surface area contributed by atoms with E-state index in [1.54, 1.807) is 0 Å². The first kappa shape index (κ1) is 21.7. The van der Waals surface area contributed by atoms with Gasteiger partial charge in [0.15, 0.2) is 5.96 Å². The van der Waals surface area contributed by atoms with Crippen LogP contribution < -0.4 is 15.5 Å². The molecule has 5 nitrogen and oxygen atoms in total. The van der Waals surface area contributed by atoms with E-state index >= 15 is 0 Å². The second-order valence-corrected chi connectivity index (χ2v) is 8.65. The summed E-state index contributed by atoms with van der Waals surface area (Å²) >= 11 is 1.82. The predicted molar refractivity (Wildman–Crippen MR) is 126 cm³/mol. The highest BCUT2D eigenvalue weighted by molar-refractivity contribution is 7.10. The van der Waals surface area contributed by atoms with Crippen LogP contribution in [0.2, 0.25) is 0 Å². The summed E-state index contributed by atoms with van der Waals surface area (Å²) in [5.74, 6) is 1.41. The van der Waals surface area contributed by atoms with Gasteiger partial charge >= 0.3 is 0 Å². The molecule has 1 unspecified atom stereocenters. The Kier molecular flexibility index (Phi) is 8.83. The van der Waals surface area contributed by atoms with Crippen LogP contribution in [-0.4, -0.2) is 63.7 Å². The average Bonchev–Trinajstić information content (AvgIpc) is 3.31. The van der Waals surface area contributed by atoms with Crippen LogP contribution in [0.5, 0.6) is 0 Å². The lowest BCUT2D eigenvalue weighted by Gasteiger charge is -2.36. The minimum atomic E-state index is 0.503. The standard InChI is InChI=1S/C23H35N5S/c1-20(22-11-8-18-29-22)19-26-23(24-2)25-12-6-7-13-27-14-16-28(17-15-27)21-9-4-3-5-10-21/h3-5,8-11,18,20H,6-7,12-17,19H2,1-2H3,(H2,24,25,26). The van der Waals surface area contributed by atoms with E-state index in [-0.39, 0.29) is 0 Å². The molecule has 0 bridgehead atoms. The Morgan fingerprint density at radius 3 is 2.52 bits per heavy atom. The highest BCUT2D eigenvalue weighted by Gasteiger charge is 2.16. The first-order valence-corrected chi connectivity index (χ1v) is 11.6. The largest absolute Gasteiger partial charge is 0.369 e.